The summed E-state index contributed by atoms with van der Waals surface area (Å²) >= 11 is 0. The third-order valence-electron chi connectivity index (χ3n) is 3.41. The van der Waals surface area contributed by atoms with Crippen LogP contribution in [0.5, 0.6) is 0 Å². The standard InChI is InChI=1S/C16H13FN2O2/c1-10-7-14(19(20)21)8-11(2)16(10)15(9-18)12-3-5-13(17)6-4-12/h3-8,15H,1-2H3. The van der Waals surface area contributed by atoms with Gasteiger partial charge in [0.05, 0.1) is 16.9 Å². The Labute approximate surface area is 121 Å². The van der Waals surface area contributed by atoms with Crippen LogP contribution in [0.3, 0.4) is 0 Å². The van der Waals surface area contributed by atoms with E-state index in [9.17, 15) is 19.8 Å². The van der Waals surface area contributed by atoms with Gasteiger partial charge in [-0.1, -0.05) is 12.1 Å². The lowest BCUT2D eigenvalue weighted by atomic mass is 9.86. The van der Waals surface area contributed by atoms with Crippen LogP contribution in [0.15, 0.2) is 36.4 Å². The van der Waals surface area contributed by atoms with Crippen molar-refractivity contribution in [1.29, 1.82) is 5.26 Å². The number of halogens is 1. The molecular weight excluding hydrogens is 271 g/mol. The van der Waals surface area contributed by atoms with E-state index in [1.807, 2.05) is 0 Å². The van der Waals surface area contributed by atoms with Crippen molar-refractivity contribution in [3.05, 3.63) is 74.6 Å². The number of nitro groups is 1. The molecule has 0 saturated carbocycles. The molecule has 2 aromatic carbocycles. The Morgan fingerprint density at radius 1 is 1.19 bits per heavy atom. The number of non-ortho nitro benzene ring substituents is 1. The highest BCUT2D eigenvalue weighted by molar-refractivity contribution is 5.51. The minimum atomic E-state index is -0.577. The molecule has 0 aliphatic heterocycles. The maximum atomic E-state index is 13.0. The quantitative estimate of drug-likeness (QED) is 0.631. The Bertz CT molecular complexity index is 710. The molecule has 106 valence electrons. The Morgan fingerprint density at radius 3 is 2.14 bits per heavy atom. The van der Waals surface area contributed by atoms with Crippen molar-refractivity contribution in [1.82, 2.24) is 0 Å². The zero-order valence-electron chi connectivity index (χ0n) is 11.6. The van der Waals surface area contributed by atoms with E-state index in [1.165, 1.54) is 24.3 Å². The second-order valence-corrected chi connectivity index (χ2v) is 4.86. The molecule has 0 saturated heterocycles. The van der Waals surface area contributed by atoms with Crippen molar-refractivity contribution in [3.63, 3.8) is 0 Å². The van der Waals surface area contributed by atoms with Gasteiger partial charge in [0.1, 0.15) is 5.82 Å². The zero-order chi connectivity index (χ0) is 15.6. The first-order chi connectivity index (χ1) is 9.93. The van der Waals surface area contributed by atoms with Crippen LogP contribution in [0.25, 0.3) is 0 Å². The second kappa shape index (κ2) is 5.71. The summed E-state index contributed by atoms with van der Waals surface area (Å²) in [5, 5.41) is 20.3. The average molecular weight is 284 g/mol. The van der Waals surface area contributed by atoms with Crippen LogP contribution >= 0.6 is 0 Å². The summed E-state index contributed by atoms with van der Waals surface area (Å²) in [6.07, 6.45) is 0. The molecule has 0 spiro atoms. The first-order valence-electron chi connectivity index (χ1n) is 6.34. The van der Waals surface area contributed by atoms with Gasteiger partial charge in [-0.15, -0.1) is 0 Å². The average Bonchev–Trinajstić information content (AvgIpc) is 2.43. The van der Waals surface area contributed by atoms with E-state index < -0.39 is 10.8 Å². The van der Waals surface area contributed by atoms with Gasteiger partial charge in [0.15, 0.2) is 0 Å². The summed E-state index contributed by atoms with van der Waals surface area (Å²) < 4.78 is 13.0. The molecule has 0 heterocycles. The van der Waals surface area contributed by atoms with Crippen LogP contribution in [0.1, 0.15) is 28.2 Å². The van der Waals surface area contributed by atoms with Gasteiger partial charge in [-0.25, -0.2) is 4.39 Å². The molecule has 0 aliphatic rings. The number of rotatable bonds is 3. The van der Waals surface area contributed by atoms with Gasteiger partial charge in [-0.2, -0.15) is 5.26 Å². The predicted octanol–water partition coefficient (Wildman–Crippen LogP) is 4.01. The van der Waals surface area contributed by atoms with Gasteiger partial charge in [0, 0.05) is 12.1 Å². The number of hydrogen-bond acceptors (Lipinski definition) is 3. The number of hydrogen-bond donors (Lipinski definition) is 0. The SMILES string of the molecule is Cc1cc([N+](=O)[O-])cc(C)c1C(C#N)c1ccc(F)cc1. The summed E-state index contributed by atoms with van der Waals surface area (Å²) in [6, 6.07) is 10.8. The summed E-state index contributed by atoms with van der Waals surface area (Å²) in [5.74, 6) is -0.945. The largest absolute Gasteiger partial charge is 0.269 e. The topological polar surface area (TPSA) is 66.9 Å². The Balaban J connectivity index is 2.56. The smallest absolute Gasteiger partial charge is 0.258 e. The van der Waals surface area contributed by atoms with Gasteiger partial charge in [-0.3, -0.25) is 10.1 Å². The summed E-state index contributed by atoms with van der Waals surface area (Å²) in [5.41, 5.74) is 2.76. The Kier molecular flexibility index (Phi) is 3.99. The molecule has 2 aromatic rings. The lowest BCUT2D eigenvalue weighted by Crippen LogP contribution is -2.05. The lowest BCUT2D eigenvalue weighted by molar-refractivity contribution is -0.385. The number of nitro benzene ring substituents is 1. The molecule has 0 radical (unpaired) electrons. The van der Waals surface area contributed by atoms with Gasteiger partial charge in [0.2, 0.25) is 0 Å². The number of aryl methyl sites for hydroxylation is 2. The van der Waals surface area contributed by atoms with Crippen molar-refractivity contribution in [3.8, 4) is 6.07 Å². The fourth-order valence-corrected chi connectivity index (χ4v) is 2.47. The van der Waals surface area contributed by atoms with Crippen LogP contribution in [0.2, 0.25) is 0 Å². The van der Waals surface area contributed by atoms with E-state index in [2.05, 4.69) is 6.07 Å². The fourth-order valence-electron chi connectivity index (χ4n) is 2.47. The number of nitrogens with zero attached hydrogens (tertiary/aromatic N) is 2. The van der Waals surface area contributed by atoms with Crippen molar-refractivity contribution < 1.29 is 9.31 Å². The maximum Gasteiger partial charge on any atom is 0.269 e. The van der Waals surface area contributed by atoms with Crippen LogP contribution < -0.4 is 0 Å². The van der Waals surface area contributed by atoms with Gasteiger partial charge in [-0.05, 0) is 48.2 Å². The third-order valence-corrected chi connectivity index (χ3v) is 3.41. The fraction of sp³-hybridized carbons (Fsp3) is 0.188. The first kappa shape index (κ1) is 14.7. The molecule has 0 amide bonds. The predicted molar refractivity (Wildman–Crippen MR) is 76.4 cm³/mol. The van der Waals surface area contributed by atoms with Gasteiger partial charge < -0.3 is 0 Å². The number of nitriles is 1. The molecular formula is C16H13FN2O2. The molecule has 0 bridgehead atoms. The second-order valence-electron chi connectivity index (χ2n) is 4.86. The van der Waals surface area contributed by atoms with Crippen LogP contribution in [-0.2, 0) is 0 Å². The molecule has 2 rings (SSSR count). The van der Waals surface area contributed by atoms with E-state index in [4.69, 9.17) is 0 Å². The molecule has 0 fully saturated rings. The zero-order valence-corrected chi connectivity index (χ0v) is 11.6. The molecule has 21 heavy (non-hydrogen) atoms. The maximum absolute atomic E-state index is 13.0. The minimum absolute atomic E-state index is 0.00421. The highest BCUT2D eigenvalue weighted by atomic mass is 19.1. The molecule has 4 nitrogen and oxygen atoms in total. The van der Waals surface area contributed by atoms with Crippen molar-refractivity contribution in [2.24, 2.45) is 0 Å². The van der Waals surface area contributed by atoms with Gasteiger partial charge in [0.25, 0.3) is 5.69 Å². The van der Waals surface area contributed by atoms with Crippen molar-refractivity contribution in [2.75, 3.05) is 0 Å². The molecule has 0 N–H and O–H groups in total. The highest BCUT2D eigenvalue weighted by Crippen LogP contribution is 2.32. The van der Waals surface area contributed by atoms with Crippen LogP contribution in [-0.4, -0.2) is 4.92 Å². The van der Waals surface area contributed by atoms with Crippen molar-refractivity contribution >= 4 is 5.69 Å². The molecule has 0 aliphatic carbocycles. The Morgan fingerprint density at radius 2 is 1.71 bits per heavy atom. The van der Waals surface area contributed by atoms with E-state index in [0.717, 1.165) is 5.56 Å². The van der Waals surface area contributed by atoms with E-state index in [-0.39, 0.29) is 11.5 Å². The normalized spacial score (nSPS) is 11.7. The third kappa shape index (κ3) is 2.90. The molecule has 1 unspecified atom stereocenters. The number of benzene rings is 2. The minimum Gasteiger partial charge on any atom is -0.258 e. The van der Waals surface area contributed by atoms with Crippen LogP contribution in [0.4, 0.5) is 10.1 Å². The molecule has 1 atom stereocenters. The van der Waals surface area contributed by atoms with E-state index >= 15 is 0 Å². The lowest BCUT2D eigenvalue weighted by Gasteiger charge is -2.16. The first-order valence-corrected chi connectivity index (χ1v) is 6.34. The summed E-state index contributed by atoms with van der Waals surface area (Å²) in [7, 11) is 0. The van der Waals surface area contributed by atoms with E-state index in [0.29, 0.717) is 16.7 Å². The van der Waals surface area contributed by atoms with Gasteiger partial charge >= 0.3 is 0 Å². The molecule has 5 heteroatoms. The van der Waals surface area contributed by atoms with Crippen molar-refractivity contribution in [2.45, 2.75) is 19.8 Å². The van der Waals surface area contributed by atoms with E-state index in [1.54, 1.807) is 26.0 Å². The highest BCUT2D eigenvalue weighted by Gasteiger charge is 2.21. The summed E-state index contributed by atoms with van der Waals surface area (Å²) in [4.78, 5) is 10.4. The monoisotopic (exact) mass is 284 g/mol. The van der Waals surface area contributed by atoms with Crippen LogP contribution in [0, 0.1) is 41.1 Å². The summed E-state index contributed by atoms with van der Waals surface area (Å²) in [6.45, 7) is 3.48. The molecule has 0 aromatic heterocycles. The Hall–Kier alpha value is -2.74.